The Morgan fingerprint density at radius 3 is 2.69 bits per heavy atom. The van der Waals surface area contributed by atoms with Crippen molar-refractivity contribution >= 4 is 34.3 Å². The van der Waals surface area contributed by atoms with Crippen LogP contribution >= 0.6 is 0 Å². The van der Waals surface area contributed by atoms with Crippen LogP contribution in [0.15, 0.2) is 18.5 Å². The Labute approximate surface area is 200 Å². The number of anilines is 3. The van der Waals surface area contributed by atoms with E-state index in [9.17, 15) is 18.0 Å². The number of fused-ring (bicyclic) bond motifs is 2. The van der Waals surface area contributed by atoms with Gasteiger partial charge in [-0.25, -0.2) is 9.97 Å². The number of carbonyl (C=O) groups is 1. The van der Waals surface area contributed by atoms with Crippen molar-refractivity contribution in [1.82, 2.24) is 24.7 Å². The summed E-state index contributed by atoms with van der Waals surface area (Å²) in [6.45, 7) is 6.47. The van der Waals surface area contributed by atoms with Crippen molar-refractivity contribution in [2.24, 2.45) is 11.8 Å². The molecule has 1 fully saturated rings. The molecule has 9 nitrogen and oxygen atoms in total. The highest BCUT2D eigenvalue weighted by Crippen LogP contribution is 2.36. The van der Waals surface area contributed by atoms with Gasteiger partial charge < -0.3 is 15.5 Å². The molecule has 1 amide bonds. The number of halogens is 3. The lowest BCUT2D eigenvalue weighted by Crippen LogP contribution is -2.50. The molecule has 186 valence electrons. The molecular weight excluding hydrogens is 461 g/mol. The number of pyridine rings is 1. The monoisotopic (exact) mass is 488 g/mol. The number of alkyl halides is 3. The number of amides is 1. The van der Waals surface area contributed by atoms with Crippen LogP contribution in [0.4, 0.5) is 30.6 Å². The van der Waals surface area contributed by atoms with E-state index in [4.69, 9.17) is 0 Å². The number of aromatic nitrogens is 5. The average Bonchev–Trinajstić information content (AvgIpc) is 3.14. The van der Waals surface area contributed by atoms with Crippen molar-refractivity contribution < 1.29 is 18.0 Å². The van der Waals surface area contributed by atoms with E-state index in [1.54, 1.807) is 10.9 Å². The molecular formula is C23H27F3N8O. The molecule has 0 saturated heterocycles. The fourth-order valence-corrected chi connectivity index (χ4v) is 4.96. The highest BCUT2D eigenvalue weighted by atomic mass is 19.4. The van der Waals surface area contributed by atoms with Gasteiger partial charge in [-0.1, -0.05) is 13.8 Å². The lowest BCUT2D eigenvalue weighted by atomic mass is 9.80. The summed E-state index contributed by atoms with van der Waals surface area (Å²) in [5, 5.41) is 11.1. The second kappa shape index (κ2) is 8.35. The first-order valence-corrected chi connectivity index (χ1v) is 11.6. The van der Waals surface area contributed by atoms with Crippen LogP contribution in [0.25, 0.3) is 10.9 Å². The predicted octanol–water partition coefficient (Wildman–Crippen LogP) is 3.85. The van der Waals surface area contributed by atoms with Crippen LogP contribution in [0, 0.1) is 18.8 Å². The summed E-state index contributed by atoms with van der Waals surface area (Å²) < 4.78 is 40.4. The first kappa shape index (κ1) is 23.3. The van der Waals surface area contributed by atoms with Crippen molar-refractivity contribution in [3.8, 4) is 0 Å². The molecule has 4 heterocycles. The molecule has 2 aliphatic rings. The van der Waals surface area contributed by atoms with E-state index in [-0.39, 0.29) is 23.9 Å². The van der Waals surface area contributed by atoms with Gasteiger partial charge in [-0.2, -0.15) is 23.3 Å². The third-order valence-electron chi connectivity index (χ3n) is 6.71. The number of aryl methyl sites for hydroxylation is 1. The fourth-order valence-electron chi connectivity index (χ4n) is 4.96. The molecule has 0 spiro atoms. The Morgan fingerprint density at radius 2 is 2.00 bits per heavy atom. The molecule has 2 N–H and O–H groups in total. The third kappa shape index (κ3) is 4.37. The number of hydrogen-bond acceptors (Lipinski definition) is 7. The first-order chi connectivity index (χ1) is 16.5. The van der Waals surface area contributed by atoms with E-state index in [2.05, 4.69) is 30.7 Å². The topological polar surface area (TPSA) is 101 Å². The summed E-state index contributed by atoms with van der Waals surface area (Å²) >= 11 is 0. The zero-order valence-corrected chi connectivity index (χ0v) is 19.9. The zero-order valence-electron chi connectivity index (χ0n) is 19.9. The molecule has 1 saturated carbocycles. The van der Waals surface area contributed by atoms with E-state index in [0.29, 0.717) is 46.5 Å². The standard InChI is InChI=1S/C23H27F3N8O/c1-11(2)19-21(35)30-18-12(3)28-22(31-20(18)33(19)4)29-15-5-13(6-15)9-34-10-14-7-17(23(24,25)26)27-8-16(14)32-34/h7-8,10-11,13,15,19H,5-6,9H2,1-4H3,(H,30,35)(H,28,29,31). The second-order valence-electron chi connectivity index (χ2n) is 9.78. The van der Waals surface area contributed by atoms with Crippen LogP contribution in [-0.2, 0) is 17.5 Å². The van der Waals surface area contributed by atoms with E-state index in [0.717, 1.165) is 18.9 Å². The largest absolute Gasteiger partial charge is 0.433 e. The number of rotatable bonds is 5. The second-order valence-corrected chi connectivity index (χ2v) is 9.78. The zero-order chi connectivity index (χ0) is 25.1. The molecule has 0 bridgehead atoms. The molecule has 1 aliphatic heterocycles. The van der Waals surface area contributed by atoms with Crippen LogP contribution in [0.1, 0.15) is 38.1 Å². The summed E-state index contributed by atoms with van der Waals surface area (Å²) in [6, 6.07) is 0.915. The molecule has 12 heteroatoms. The number of likely N-dealkylation sites (N-methyl/N-ethyl adjacent to an activating group) is 1. The Hall–Kier alpha value is -3.44. The van der Waals surface area contributed by atoms with Crippen molar-refractivity contribution in [1.29, 1.82) is 0 Å². The predicted molar refractivity (Wildman–Crippen MR) is 125 cm³/mol. The molecule has 35 heavy (non-hydrogen) atoms. The van der Waals surface area contributed by atoms with Gasteiger partial charge >= 0.3 is 6.18 Å². The summed E-state index contributed by atoms with van der Waals surface area (Å²) in [5.41, 5.74) is 0.870. The molecule has 5 rings (SSSR count). The number of nitrogens with one attached hydrogen (secondary N) is 2. The van der Waals surface area contributed by atoms with Gasteiger partial charge in [0.1, 0.15) is 22.9 Å². The Bertz CT molecular complexity index is 1280. The van der Waals surface area contributed by atoms with E-state index in [1.165, 1.54) is 6.20 Å². The normalized spacial score (nSPS) is 22.2. The fraction of sp³-hybridized carbons (Fsp3) is 0.522. The molecule has 1 aliphatic carbocycles. The van der Waals surface area contributed by atoms with E-state index in [1.807, 2.05) is 32.7 Å². The highest BCUT2D eigenvalue weighted by molar-refractivity contribution is 6.03. The van der Waals surface area contributed by atoms with Gasteiger partial charge in [-0.05, 0) is 37.7 Å². The lowest BCUT2D eigenvalue weighted by molar-refractivity contribution is -0.141. The van der Waals surface area contributed by atoms with Gasteiger partial charge in [0.25, 0.3) is 0 Å². The van der Waals surface area contributed by atoms with E-state index < -0.39 is 11.9 Å². The minimum Gasteiger partial charge on any atom is -0.351 e. The number of hydrogen-bond donors (Lipinski definition) is 2. The van der Waals surface area contributed by atoms with Crippen molar-refractivity contribution in [2.45, 2.75) is 58.4 Å². The van der Waals surface area contributed by atoms with Gasteiger partial charge in [0.2, 0.25) is 11.9 Å². The molecule has 0 aromatic carbocycles. The molecule has 3 aromatic heterocycles. The Morgan fingerprint density at radius 1 is 1.26 bits per heavy atom. The third-order valence-corrected chi connectivity index (χ3v) is 6.71. The average molecular weight is 489 g/mol. The highest BCUT2D eigenvalue weighted by Gasteiger charge is 2.36. The van der Waals surface area contributed by atoms with Gasteiger partial charge in [-0.15, -0.1) is 0 Å². The van der Waals surface area contributed by atoms with E-state index >= 15 is 0 Å². The first-order valence-electron chi connectivity index (χ1n) is 11.6. The summed E-state index contributed by atoms with van der Waals surface area (Å²) in [5.74, 6) is 1.63. The Kier molecular flexibility index (Phi) is 5.56. The van der Waals surface area contributed by atoms with Gasteiger partial charge in [0.05, 0.1) is 11.9 Å². The number of nitrogens with zero attached hydrogens (tertiary/aromatic N) is 6. The quantitative estimate of drug-likeness (QED) is 0.563. The van der Waals surface area contributed by atoms with Crippen molar-refractivity contribution in [2.75, 3.05) is 22.6 Å². The maximum atomic E-state index is 12.9. The minimum absolute atomic E-state index is 0.0547. The summed E-state index contributed by atoms with van der Waals surface area (Å²) in [4.78, 5) is 27.1. The molecule has 0 radical (unpaired) electrons. The van der Waals surface area contributed by atoms with Crippen LogP contribution in [-0.4, -0.2) is 49.8 Å². The van der Waals surface area contributed by atoms with Gasteiger partial charge in [-0.3, -0.25) is 9.48 Å². The summed E-state index contributed by atoms with van der Waals surface area (Å²) in [7, 11) is 1.87. The SMILES string of the molecule is Cc1nc(NC2CC(Cn3cc4cc(C(F)(F)F)ncc4n3)C2)nc2c1NC(=O)C(C(C)C)N2C. The molecule has 1 atom stereocenters. The van der Waals surface area contributed by atoms with Crippen molar-refractivity contribution in [3.63, 3.8) is 0 Å². The van der Waals surface area contributed by atoms with Gasteiger partial charge in [0.15, 0.2) is 5.82 Å². The number of carbonyl (C=O) groups excluding carboxylic acids is 1. The summed E-state index contributed by atoms with van der Waals surface area (Å²) in [6.07, 6.45) is 0.0549. The smallest absolute Gasteiger partial charge is 0.351 e. The van der Waals surface area contributed by atoms with Crippen LogP contribution in [0.5, 0.6) is 0 Å². The Balaban J connectivity index is 1.23. The minimum atomic E-state index is -4.48. The maximum Gasteiger partial charge on any atom is 0.433 e. The lowest BCUT2D eigenvalue weighted by Gasteiger charge is -2.38. The molecule has 3 aromatic rings. The molecule has 1 unspecified atom stereocenters. The van der Waals surface area contributed by atoms with Crippen molar-refractivity contribution in [3.05, 3.63) is 29.8 Å². The van der Waals surface area contributed by atoms with Gasteiger partial charge in [0, 0.05) is 31.2 Å². The maximum absolute atomic E-state index is 12.9. The van der Waals surface area contributed by atoms with Crippen LogP contribution in [0.3, 0.4) is 0 Å². The van der Waals surface area contributed by atoms with Crippen LogP contribution < -0.4 is 15.5 Å². The van der Waals surface area contributed by atoms with Crippen LogP contribution in [0.2, 0.25) is 0 Å².